The lowest BCUT2D eigenvalue weighted by molar-refractivity contribution is -0.115. The molecule has 0 saturated heterocycles. The van der Waals surface area contributed by atoms with Gasteiger partial charge in [0, 0.05) is 24.2 Å². The average molecular weight is 388 g/mol. The van der Waals surface area contributed by atoms with Gasteiger partial charge in [0.25, 0.3) is 0 Å². The first-order valence-corrected chi connectivity index (χ1v) is 10.1. The average Bonchev–Trinajstić information content (AvgIpc) is 2.68. The number of nitrogens with zero attached hydrogens (tertiary/aromatic N) is 1. The van der Waals surface area contributed by atoms with Crippen molar-refractivity contribution in [3.63, 3.8) is 0 Å². The van der Waals surface area contributed by atoms with E-state index in [1.54, 1.807) is 0 Å². The van der Waals surface area contributed by atoms with Crippen LogP contribution in [0.3, 0.4) is 0 Å². The number of pyridine rings is 1. The Hall–Kier alpha value is -3.14. The number of hydrogen-bond donors (Lipinski definition) is 2. The van der Waals surface area contributed by atoms with Gasteiger partial charge in [0.2, 0.25) is 5.91 Å². The third kappa shape index (κ3) is 4.83. The van der Waals surface area contributed by atoms with Crippen LogP contribution in [0.15, 0.2) is 48.5 Å². The van der Waals surface area contributed by atoms with E-state index < -0.39 is 0 Å². The number of benzene rings is 2. The van der Waals surface area contributed by atoms with Crippen LogP contribution in [0, 0.1) is 27.7 Å². The second kappa shape index (κ2) is 8.91. The summed E-state index contributed by atoms with van der Waals surface area (Å²) in [4.78, 5) is 17.0. The van der Waals surface area contributed by atoms with Gasteiger partial charge in [-0.1, -0.05) is 55.0 Å². The van der Waals surface area contributed by atoms with E-state index in [4.69, 9.17) is 4.98 Å². The number of anilines is 2. The Morgan fingerprint density at radius 1 is 0.966 bits per heavy atom. The fourth-order valence-corrected chi connectivity index (χ4v) is 3.74. The Labute approximate surface area is 173 Å². The molecule has 0 aliphatic heterocycles. The molecule has 4 nitrogen and oxygen atoms in total. The van der Waals surface area contributed by atoms with Gasteiger partial charge in [-0.2, -0.15) is 0 Å². The van der Waals surface area contributed by atoms with Crippen LogP contribution in [0.25, 0.3) is 11.1 Å². The highest BCUT2D eigenvalue weighted by atomic mass is 16.1. The van der Waals surface area contributed by atoms with Gasteiger partial charge in [-0.15, -0.1) is 0 Å². The monoisotopic (exact) mass is 387 g/mol. The molecule has 0 aliphatic carbocycles. The molecule has 1 aromatic heterocycles. The second-order valence-corrected chi connectivity index (χ2v) is 7.55. The smallest absolute Gasteiger partial charge is 0.224 e. The number of hydrogen-bond acceptors (Lipinski definition) is 3. The number of amides is 1. The van der Waals surface area contributed by atoms with E-state index in [0.29, 0.717) is 18.8 Å². The van der Waals surface area contributed by atoms with E-state index in [9.17, 15) is 4.79 Å². The van der Waals surface area contributed by atoms with Crippen LogP contribution in [0.1, 0.15) is 41.3 Å². The minimum absolute atomic E-state index is 0.0259. The van der Waals surface area contributed by atoms with Crippen LogP contribution in [0.5, 0.6) is 0 Å². The normalized spacial score (nSPS) is 10.7. The zero-order chi connectivity index (χ0) is 21.0. The van der Waals surface area contributed by atoms with E-state index in [-0.39, 0.29) is 5.91 Å². The Kier molecular flexibility index (Phi) is 6.32. The Morgan fingerprint density at radius 3 is 2.24 bits per heavy atom. The summed E-state index contributed by atoms with van der Waals surface area (Å²) in [6.07, 6.45) is 0.414. The Bertz CT molecular complexity index is 1000. The fraction of sp³-hybridized carbons (Fsp3) is 0.280. The summed E-state index contributed by atoms with van der Waals surface area (Å²) in [6, 6.07) is 16.6. The highest BCUT2D eigenvalue weighted by Gasteiger charge is 2.18. The van der Waals surface area contributed by atoms with E-state index in [0.717, 1.165) is 28.1 Å². The number of carbonyl (C=O) groups is 1. The maximum absolute atomic E-state index is 12.3. The molecule has 29 heavy (non-hydrogen) atoms. The molecule has 0 saturated carbocycles. The Balaban J connectivity index is 2.12. The molecule has 0 bridgehead atoms. The molecule has 0 spiro atoms. The van der Waals surface area contributed by atoms with E-state index in [1.807, 2.05) is 32.0 Å². The number of rotatable bonds is 6. The summed E-state index contributed by atoms with van der Waals surface area (Å²) in [5.41, 5.74) is 8.57. The molecule has 0 unspecified atom stereocenters. The van der Waals surface area contributed by atoms with E-state index in [2.05, 4.69) is 61.7 Å². The van der Waals surface area contributed by atoms with Crippen molar-refractivity contribution in [2.45, 2.75) is 47.6 Å². The van der Waals surface area contributed by atoms with Gasteiger partial charge in [-0.05, 0) is 56.0 Å². The summed E-state index contributed by atoms with van der Waals surface area (Å²) in [6.45, 7) is 10.8. The maximum atomic E-state index is 12.3. The Morgan fingerprint density at radius 2 is 1.62 bits per heavy atom. The molecule has 0 fully saturated rings. The largest absolute Gasteiger partial charge is 0.364 e. The molecular weight excluding hydrogens is 358 g/mol. The molecular formula is C25H29N3O. The molecule has 1 amide bonds. The van der Waals surface area contributed by atoms with Crippen molar-refractivity contribution in [3.05, 3.63) is 76.5 Å². The van der Waals surface area contributed by atoms with Gasteiger partial charge >= 0.3 is 0 Å². The number of carbonyl (C=O) groups excluding carboxylic acids is 1. The van der Waals surface area contributed by atoms with Gasteiger partial charge in [-0.3, -0.25) is 4.79 Å². The van der Waals surface area contributed by atoms with Gasteiger partial charge in [0.1, 0.15) is 0 Å². The third-order valence-corrected chi connectivity index (χ3v) is 4.98. The van der Waals surface area contributed by atoms with Crippen LogP contribution in [-0.4, -0.2) is 10.9 Å². The van der Waals surface area contributed by atoms with Crippen LogP contribution >= 0.6 is 0 Å². The lowest BCUT2D eigenvalue weighted by Gasteiger charge is -2.20. The maximum Gasteiger partial charge on any atom is 0.224 e. The van der Waals surface area contributed by atoms with Crippen molar-refractivity contribution in [3.8, 4) is 11.1 Å². The molecule has 0 radical (unpaired) electrons. The predicted molar refractivity (Wildman–Crippen MR) is 121 cm³/mol. The SMILES string of the molecule is CCC(=O)Nc1c(-c2c(C)cc(C)cc2C)cc(C)nc1NCc1ccccc1. The van der Waals surface area contributed by atoms with Crippen LogP contribution in [-0.2, 0) is 11.3 Å². The highest BCUT2D eigenvalue weighted by molar-refractivity contribution is 6.00. The molecule has 2 aromatic carbocycles. The number of aromatic nitrogens is 1. The summed E-state index contributed by atoms with van der Waals surface area (Å²) >= 11 is 0. The number of aryl methyl sites for hydroxylation is 4. The zero-order valence-corrected chi connectivity index (χ0v) is 17.9. The topological polar surface area (TPSA) is 54.0 Å². The van der Waals surface area contributed by atoms with Gasteiger partial charge in [0.05, 0.1) is 5.69 Å². The standard InChI is InChI=1S/C25H29N3O/c1-6-22(29)28-24-21(23-17(3)12-16(2)13-18(23)4)14-19(5)27-25(24)26-15-20-10-8-7-9-11-20/h7-14H,6,15H2,1-5H3,(H,26,27)(H,28,29). The molecule has 0 aliphatic rings. The predicted octanol–water partition coefficient (Wildman–Crippen LogP) is 5.94. The van der Waals surface area contributed by atoms with Crippen molar-refractivity contribution in [2.75, 3.05) is 10.6 Å². The quantitative estimate of drug-likeness (QED) is 0.550. The fourth-order valence-electron chi connectivity index (χ4n) is 3.74. The van der Waals surface area contributed by atoms with E-state index >= 15 is 0 Å². The van der Waals surface area contributed by atoms with Crippen molar-refractivity contribution < 1.29 is 4.79 Å². The lowest BCUT2D eigenvalue weighted by Crippen LogP contribution is -2.15. The van der Waals surface area contributed by atoms with Gasteiger partial charge < -0.3 is 10.6 Å². The first-order valence-electron chi connectivity index (χ1n) is 10.1. The second-order valence-electron chi connectivity index (χ2n) is 7.55. The van der Waals surface area contributed by atoms with Crippen LogP contribution in [0.4, 0.5) is 11.5 Å². The minimum Gasteiger partial charge on any atom is -0.364 e. The molecule has 3 rings (SSSR count). The first-order chi connectivity index (χ1) is 13.9. The molecule has 1 heterocycles. The lowest BCUT2D eigenvalue weighted by atomic mass is 9.92. The first kappa shape index (κ1) is 20.6. The van der Waals surface area contributed by atoms with Crippen molar-refractivity contribution >= 4 is 17.4 Å². The van der Waals surface area contributed by atoms with Crippen LogP contribution in [0.2, 0.25) is 0 Å². The van der Waals surface area contributed by atoms with Crippen molar-refractivity contribution in [2.24, 2.45) is 0 Å². The molecule has 3 aromatic rings. The summed E-state index contributed by atoms with van der Waals surface area (Å²) in [7, 11) is 0. The van der Waals surface area contributed by atoms with Gasteiger partial charge in [-0.25, -0.2) is 4.98 Å². The molecule has 4 heteroatoms. The summed E-state index contributed by atoms with van der Waals surface area (Å²) in [5.74, 6) is 0.673. The van der Waals surface area contributed by atoms with E-state index in [1.165, 1.54) is 16.7 Å². The third-order valence-electron chi connectivity index (χ3n) is 4.98. The zero-order valence-electron chi connectivity index (χ0n) is 17.9. The summed E-state index contributed by atoms with van der Waals surface area (Å²) < 4.78 is 0. The highest BCUT2D eigenvalue weighted by Crippen LogP contribution is 2.38. The summed E-state index contributed by atoms with van der Waals surface area (Å²) in [5, 5.41) is 6.53. The minimum atomic E-state index is -0.0259. The molecule has 0 atom stereocenters. The van der Waals surface area contributed by atoms with Crippen LogP contribution < -0.4 is 10.6 Å². The van der Waals surface area contributed by atoms with Gasteiger partial charge in [0.15, 0.2) is 5.82 Å². The van der Waals surface area contributed by atoms with Crippen molar-refractivity contribution in [1.29, 1.82) is 0 Å². The molecule has 2 N–H and O–H groups in total. The van der Waals surface area contributed by atoms with Crippen molar-refractivity contribution in [1.82, 2.24) is 4.98 Å². The number of nitrogens with one attached hydrogen (secondary N) is 2. The molecule has 150 valence electrons.